The lowest BCUT2D eigenvalue weighted by Gasteiger charge is -2.22. The molecule has 1 aromatic rings. The van der Waals surface area contributed by atoms with E-state index < -0.39 is 24.2 Å². The second-order valence-electron chi connectivity index (χ2n) is 5.20. The highest BCUT2D eigenvalue weighted by Crippen LogP contribution is 2.42. The third kappa shape index (κ3) is 3.04. The van der Waals surface area contributed by atoms with Gasteiger partial charge in [-0.25, -0.2) is 4.79 Å². The van der Waals surface area contributed by atoms with E-state index in [1.807, 2.05) is 0 Å². The summed E-state index contributed by atoms with van der Waals surface area (Å²) in [6, 6.07) is 7.00. The van der Waals surface area contributed by atoms with E-state index in [0.717, 1.165) is 0 Å². The molecule has 1 atom stereocenters. The maximum atomic E-state index is 12.8. The summed E-state index contributed by atoms with van der Waals surface area (Å²) in [5.74, 6) is -0.964. The van der Waals surface area contributed by atoms with Crippen LogP contribution in [-0.4, -0.2) is 24.9 Å². The van der Waals surface area contributed by atoms with Gasteiger partial charge in [0.1, 0.15) is 12.4 Å². The van der Waals surface area contributed by atoms with E-state index in [-0.39, 0.29) is 12.2 Å². The molecule has 21 heavy (non-hydrogen) atoms. The molecule has 112 valence electrons. The van der Waals surface area contributed by atoms with Crippen LogP contribution in [0, 0.1) is 5.92 Å². The Morgan fingerprint density at radius 1 is 1.29 bits per heavy atom. The minimum atomic E-state index is -4.52. The van der Waals surface area contributed by atoms with Crippen LogP contribution in [0.5, 0.6) is 5.75 Å². The first-order valence-electron chi connectivity index (χ1n) is 6.65. The maximum Gasteiger partial charge on any atom is 0.425 e. The molecule has 1 heterocycles. The molecular formula is C15H13F3O3. The molecule has 1 aromatic carbocycles. The van der Waals surface area contributed by atoms with Gasteiger partial charge >= 0.3 is 12.1 Å². The molecule has 3 rings (SSSR count). The van der Waals surface area contributed by atoms with Crippen LogP contribution in [-0.2, 0) is 9.53 Å². The fraction of sp³-hybridized carbons (Fsp3) is 0.400. The Morgan fingerprint density at radius 3 is 2.67 bits per heavy atom. The van der Waals surface area contributed by atoms with Gasteiger partial charge in [0.05, 0.1) is 5.57 Å². The Bertz CT molecular complexity index is 588. The molecule has 0 N–H and O–H groups in total. The molecule has 1 saturated carbocycles. The summed E-state index contributed by atoms with van der Waals surface area (Å²) < 4.78 is 48.6. The minimum Gasteiger partial charge on any atom is -0.488 e. The van der Waals surface area contributed by atoms with Crippen molar-refractivity contribution >= 4 is 12.0 Å². The first-order chi connectivity index (χ1) is 9.95. The molecule has 1 unspecified atom stereocenters. The number of hydrogen-bond acceptors (Lipinski definition) is 3. The van der Waals surface area contributed by atoms with Gasteiger partial charge in [0.25, 0.3) is 0 Å². The summed E-state index contributed by atoms with van der Waals surface area (Å²) in [4.78, 5) is 11.9. The van der Waals surface area contributed by atoms with Crippen molar-refractivity contribution in [2.24, 2.45) is 5.92 Å². The van der Waals surface area contributed by atoms with Crippen LogP contribution in [0.2, 0.25) is 0 Å². The van der Waals surface area contributed by atoms with Crippen molar-refractivity contribution in [1.82, 2.24) is 0 Å². The molecule has 3 nitrogen and oxygen atoms in total. The summed E-state index contributed by atoms with van der Waals surface area (Å²) in [6.45, 7) is -0.0783. The smallest absolute Gasteiger partial charge is 0.425 e. The van der Waals surface area contributed by atoms with Gasteiger partial charge in [0, 0.05) is 11.5 Å². The fourth-order valence-electron chi connectivity index (χ4n) is 2.25. The number of carbonyl (C=O) groups is 1. The molecule has 0 aromatic heterocycles. The zero-order valence-electron chi connectivity index (χ0n) is 11.0. The highest BCUT2D eigenvalue weighted by Gasteiger charge is 2.52. The average Bonchev–Trinajstić information content (AvgIpc) is 3.27. The number of carbonyl (C=O) groups excluding carboxylic acids is 1. The second kappa shape index (κ2) is 5.09. The molecule has 0 bridgehead atoms. The van der Waals surface area contributed by atoms with E-state index in [2.05, 4.69) is 4.74 Å². The van der Waals surface area contributed by atoms with E-state index in [0.29, 0.717) is 24.2 Å². The number of halogens is 3. The fourth-order valence-corrected chi connectivity index (χ4v) is 2.25. The average molecular weight is 298 g/mol. The number of rotatable bonds is 3. The van der Waals surface area contributed by atoms with Crippen LogP contribution in [0.4, 0.5) is 13.2 Å². The van der Waals surface area contributed by atoms with Crippen molar-refractivity contribution in [2.75, 3.05) is 6.61 Å². The van der Waals surface area contributed by atoms with E-state index in [9.17, 15) is 18.0 Å². The Kier molecular flexibility index (Phi) is 3.39. The van der Waals surface area contributed by atoms with Crippen LogP contribution in [0.1, 0.15) is 18.4 Å². The van der Waals surface area contributed by atoms with Crippen LogP contribution in [0.3, 0.4) is 0 Å². The second-order valence-corrected chi connectivity index (χ2v) is 5.20. The third-order valence-electron chi connectivity index (χ3n) is 3.50. The number of para-hydroxylation sites is 1. The van der Waals surface area contributed by atoms with Crippen molar-refractivity contribution in [3.8, 4) is 5.75 Å². The molecule has 0 spiro atoms. The highest BCUT2D eigenvalue weighted by atomic mass is 19.4. The van der Waals surface area contributed by atoms with Gasteiger partial charge in [-0.05, 0) is 25.0 Å². The Morgan fingerprint density at radius 2 is 2.00 bits per heavy atom. The number of alkyl halides is 3. The summed E-state index contributed by atoms with van der Waals surface area (Å²) in [6.07, 6.45) is -4.14. The molecule has 6 heteroatoms. The highest BCUT2D eigenvalue weighted by molar-refractivity contribution is 5.95. The lowest BCUT2D eigenvalue weighted by Crippen LogP contribution is -2.36. The van der Waals surface area contributed by atoms with Crippen LogP contribution in [0.25, 0.3) is 6.08 Å². The van der Waals surface area contributed by atoms with Gasteiger partial charge in [0.15, 0.2) is 6.10 Å². The summed E-state index contributed by atoms with van der Waals surface area (Å²) in [5.41, 5.74) is 0.759. The largest absolute Gasteiger partial charge is 0.488 e. The molecule has 2 aliphatic rings. The lowest BCUT2D eigenvalue weighted by molar-refractivity contribution is -0.224. The normalized spacial score (nSPS) is 19.1. The molecule has 1 aliphatic carbocycles. The van der Waals surface area contributed by atoms with E-state index in [1.54, 1.807) is 24.3 Å². The Hall–Kier alpha value is -1.98. The van der Waals surface area contributed by atoms with Crippen LogP contribution >= 0.6 is 0 Å². The van der Waals surface area contributed by atoms with Gasteiger partial charge in [0.2, 0.25) is 0 Å². The topological polar surface area (TPSA) is 35.5 Å². The zero-order valence-corrected chi connectivity index (χ0v) is 11.0. The summed E-state index contributed by atoms with van der Waals surface area (Å²) in [7, 11) is 0. The van der Waals surface area contributed by atoms with Crippen molar-refractivity contribution < 1.29 is 27.4 Å². The molecule has 0 amide bonds. The monoisotopic (exact) mass is 298 g/mol. The summed E-state index contributed by atoms with van der Waals surface area (Å²) in [5, 5.41) is 0. The number of benzene rings is 1. The van der Waals surface area contributed by atoms with E-state index in [1.165, 1.54) is 6.08 Å². The zero-order chi connectivity index (χ0) is 15.0. The van der Waals surface area contributed by atoms with Crippen molar-refractivity contribution in [2.45, 2.75) is 25.1 Å². The molecule has 1 aliphatic heterocycles. The van der Waals surface area contributed by atoms with Crippen LogP contribution in [0.15, 0.2) is 29.8 Å². The van der Waals surface area contributed by atoms with Gasteiger partial charge < -0.3 is 9.47 Å². The maximum absolute atomic E-state index is 12.8. The number of ether oxygens (including phenoxy) is 2. The standard InChI is InChI=1S/C15H13F3O3/c16-15(17,18)13(9-5-6-9)21-14(19)11-7-10-3-1-2-4-12(10)20-8-11/h1-4,7,9,13H,5-6,8H2. The van der Waals surface area contributed by atoms with Crippen LogP contribution < -0.4 is 4.74 Å². The SMILES string of the molecule is O=C(OC(C1CC1)C(F)(F)F)C1=Cc2ccccc2OC1. The summed E-state index contributed by atoms with van der Waals surface area (Å²) >= 11 is 0. The van der Waals surface area contributed by atoms with Crippen molar-refractivity contribution in [1.29, 1.82) is 0 Å². The van der Waals surface area contributed by atoms with Gasteiger partial charge in [-0.15, -0.1) is 0 Å². The minimum absolute atomic E-state index is 0.0783. The third-order valence-corrected chi connectivity index (χ3v) is 3.50. The molecule has 0 saturated heterocycles. The first kappa shape index (κ1) is 14.0. The van der Waals surface area contributed by atoms with E-state index >= 15 is 0 Å². The Balaban J connectivity index is 1.75. The lowest BCUT2D eigenvalue weighted by atomic mass is 10.1. The molecule has 0 radical (unpaired) electrons. The van der Waals surface area contributed by atoms with Gasteiger partial charge in [-0.3, -0.25) is 0 Å². The quantitative estimate of drug-likeness (QED) is 0.803. The Labute approximate surface area is 119 Å². The van der Waals surface area contributed by atoms with Crippen molar-refractivity contribution in [3.05, 3.63) is 35.4 Å². The van der Waals surface area contributed by atoms with Crippen molar-refractivity contribution in [3.63, 3.8) is 0 Å². The van der Waals surface area contributed by atoms with E-state index in [4.69, 9.17) is 4.74 Å². The predicted molar refractivity (Wildman–Crippen MR) is 68.6 cm³/mol. The van der Waals surface area contributed by atoms with Gasteiger partial charge in [-0.1, -0.05) is 18.2 Å². The first-order valence-corrected chi connectivity index (χ1v) is 6.65. The number of esters is 1. The number of hydrogen-bond donors (Lipinski definition) is 0. The molecule has 1 fully saturated rings. The number of fused-ring (bicyclic) bond motifs is 1. The molecular weight excluding hydrogens is 285 g/mol. The van der Waals surface area contributed by atoms with Gasteiger partial charge in [-0.2, -0.15) is 13.2 Å². The predicted octanol–water partition coefficient (Wildman–Crippen LogP) is 3.35.